The van der Waals surface area contributed by atoms with Crippen molar-refractivity contribution >= 4 is 12.6 Å². The Bertz CT molecular complexity index is 182. The van der Waals surface area contributed by atoms with Crippen molar-refractivity contribution in [1.82, 2.24) is 0 Å². The molecule has 1 aromatic heterocycles. The van der Waals surface area contributed by atoms with Gasteiger partial charge >= 0.3 is 0 Å². The molecule has 0 atom stereocenters. The van der Waals surface area contributed by atoms with E-state index in [4.69, 9.17) is 17.0 Å². The molecule has 0 saturated heterocycles. The fourth-order valence-corrected chi connectivity index (χ4v) is 1.41. The normalized spacial score (nSPS) is 10.4. The minimum atomic E-state index is 0.904. The highest BCUT2D eigenvalue weighted by Crippen LogP contribution is 2.08. The molecule has 0 amide bonds. The number of rotatable bonds is 6. The fraction of sp³-hybridized carbons (Fsp3) is 0.600. The predicted octanol–water partition coefficient (Wildman–Crippen LogP) is 3.58. The molecule has 12 heavy (non-hydrogen) atoms. The van der Waals surface area contributed by atoms with Gasteiger partial charge in [-0.15, -0.1) is 0 Å². The Kier molecular flexibility index (Phi) is 5.00. The van der Waals surface area contributed by atoms with Gasteiger partial charge in [0.1, 0.15) is 5.76 Å². The molecule has 1 heterocycles. The number of unbranched alkanes of at least 4 members (excludes halogenated alkanes) is 3. The molecule has 0 aromatic carbocycles. The van der Waals surface area contributed by atoms with Crippen molar-refractivity contribution in [2.24, 2.45) is 0 Å². The first-order chi connectivity index (χ1) is 5.93. The Morgan fingerprint density at radius 1 is 1.17 bits per heavy atom. The largest absolute Gasteiger partial charge is 0.469 e. The van der Waals surface area contributed by atoms with Crippen molar-refractivity contribution in [1.29, 1.82) is 0 Å². The van der Waals surface area contributed by atoms with E-state index in [2.05, 4.69) is 0 Å². The average Bonchev–Trinajstić information content (AvgIpc) is 2.57. The van der Waals surface area contributed by atoms with Crippen LogP contribution in [0.3, 0.4) is 0 Å². The Morgan fingerprint density at radius 2 is 2.00 bits per heavy atom. The Hall–Kier alpha value is -0.370. The number of hydrogen-bond acceptors (Lipinski definition) is 1. The van der Waals surface area contributed by atoms with Gasteiger partial charge in [0, 0.05) is 12.2 Å². The Morgan fingerprint density at radius 3 is 2.67 bits per heavy atom. The van der Waals surface area contributed by atoms with E-state index in [9.17, 15) is 0 Å². The second-order valence-corrected chi connectivity index (χ2v) is 3.36. The number of hydrogen-bond donors (Lipinski definition) is 0. The van der Waals surface area contributed by atoms with Gasteiger partial charge in [0.25, 0.3) is 0 Å². The molecule has 2 heteroatoms. The van der Waals surface area contributed by atoms with Crippen molar-refractivity contribution in [3.8, 4) is 0 Å². The van der Waals surface area contributed by atoms with Crippen LogP contribution in [0.2, 0.25) is 0 Å². The van der Waals surface area contributed by atoms with Crippen LogP contribution in [0, 0.1) is 0 Å². The van der Waals surface area contributed by atoms with Crippen LogP contribution in [0.15, 0.2) is 22.8 Å². The zero-order valence-corrected chi connectivity index (χ0v) is 8.11. The molecule has 1 radical (unpaired) electrons. The molecule has 0 unspecified atom stereocenters. The highest BCUT2D eigenvalue weighted by Gasteiger charge is 1.94. The summed E-state index contributed by atoms with van der Waals surface area (Å²) < 4.78 is 5.22. The van der Waals surface area contributed by atoms with Crippen molar-refractivity contribution in [2.75, 3.05) is 5.75 Å². The Labute approximate surface area is 79.6 Å². The first-order valence-corrected chi connectivity index (χ1v) is 5.11. The lowest BCUT2D eigenvalue weighted by Gasteiger charge is -1.96. The maximum atomic E-state index is 5.22. The SMILES string of the molecule is [S]CCCCCCc1ccco1. The molecule has 1 nitrogen and oxygen atoms in total. The van der Waals surface area contributed by atoms with E-state index in [1.165, 1.54) is 25.7 Å². The van der Waals surface area contributed by atoms with Crippen LogP contribution >= 0.6 is 12.6 Å². The summed E-state index contributed by atoms with van der Waals surface area (Å²) in [4.78, 5) is 0. The van der Waals surface area contributed by atoms with Gasteiger partial charge in [-0.3, -0.25) is 0 Å². The minimum Gasteiger partial charge on any atom is -0.469 e. The van der Waals surface area contributed by atoms with Gasteiger partial charge in [0.05, 0.1) is 6.26 Å². The summed E-state index contributed by atoms with van der Waals surface area (Å²) in [5.41, 5.74) is 0. The molecule has 0 aliphatic rings. The molecule has 0 bridgehead atoms. The van der Waals surface area contributed by atoms with Crippen molar-refractivity contribution in [3.63, 3.8) is 0 Å². The van der Waals surface area contributed by atoms with Crippen molar-refractivity contribution in [2.45, 2.75) is 32.1 Å². The fourth-order valence-electron chi connectivity index (χ4n) is 1.21. The summed E-state index contributed by atoms with van der Waals surface area (Å²) >= 11 is 4.86. The molecule has 0 aliphatic heterocycles. The van der Waals surface area contributed by atoms with Crippen LogP contribution in [-0.2, 0) is 6.42 Å². The second kappa shape index (κ2) is 6.18. The molecular weight excluding hydrogens is 168 g/mol. The molecule has 0 fully saturated rings. The van der Waals surface area contributed by atoms with E-state index >= 15 is 0 Å². The summed E-state index contributed by atoms with van der Waals surface area (Å²) in [5, 5.41) is 0. The van der Waals surface area contributed by atoms with Crippen LogP contribution < -0.4 is 0 Å². The maximum absolute atomic E-state index is 5.22. The highest BCUT2D eigenvalue weighted by molar-refractivity contribution is 7.80. The van der Waals surface area contributed by atoms with Crippen LogP contribution in [0.4, 0.5) is 0 Å². The van der Waals surface area contributed by atoms with Crippen LogP contribution in [-0.4, -0.2) is 5.75 Å². The summed E-state index contributed by atoms with van der Waals surface area (Å²) in [6.07, 6.45) is 7.76. The zero-order chi connectivity index (χ0) is 8.65. The monoisotopic (exact) mass is 183 g/mol. The third kappa shape index (κ3) is 3.86. The standard InChI is InChI=1S/C10H15OS/c12-9-4-2-1-3-6-10-7-5-8-11-10/h5,7-8H,1-4,6,9H2. The van der Waals surface area contributed by atoms with E-state index in [0.29, 0.717) is 0 Å². The maximum Gasteiger partial charge on any atom is 0.103 e. The summed E-state index contributed by atoms with van der Waals surface area (Å²) in [7, 11) is 0. The van der Waals surface area contributed by atoms with E-state index < -0.39 is 0 Å². The average molecular weight is 183 g/mol. The first kappa shape index (κ1) is 9.72. The molecule has 1 rings (SSSR count). The lowest BCUT2D eigenvalue weighted by molar-refractivity contribution is 0.495. The van der Waals surface area contributed by atoms with Gasteiger partial charge in [-0.2, -0.15) is 0 Å². The van der Waals surface area contributed by atoms with E-state index in [1.807, 2.05) is 12.1 Å². The smallest absolute Gasteiger partial charge is 0.103 e. The third-order valence-corrected chi connectivity index (χ3v) is 2.19. The first-order valence-electron chi connectivity index (χ1n) is 4.54. The van der Waals surface area contributed by atoms with Crippen LogP contribution in [0.25, 0.3) is 0 Å². The van der Waals surface area contributed by atoms with Gasteiger partial charge in [-0.25, -0.2) is 0 Å². The topological polar surface area (TPSA) is 13.1 Å². The molecule has 0 saturated carbocycles. The lowest BCUT2D eigenvalue weighted by atomic mass is 10.1. The van der Waals surface area contributed by atoms with Gasteiger partial charge in [0.2, 0.25) is 0 Å². The number of aryl methyl sites for hydroxylation is 1. The quantitative estimate of drug-likeness (QED) is 0.614. The summed E-state index contributed by atoms with van der Waals surface area (Å²) in [6.45, 7) is 0. The van der Waals surface area contributed by atoms with E-state index in [0.717, 1.165) is 17.9 Å². The van der Waals surface area contributed by atoms with E-state index in [1.54, 1.807) is 6.26 Å². The van der Waals surface area contributed by atoms with Gasteiger partial charge in [-0.1, -0.05) is 25.5 Å². The van der Waals surface area contributed by atoms with Crippen LogP contribution in [0.5, 0.6) is 0 Å². The number of furan rings is 1. The summed E-state index contributed by atoms with van der Waals surface area (Å²) in [6, 6.07) is 3.98. The lowest BCUT2D eigenvalue weighted by Crippen LogP contribution is -1.83. The van der Waals surface area contributed by atoms with E-state index in [-0.39, 0.29) is 0 Å². The van der Waals surface area contributed by atoms with Gasteiger partial charge < -0.3 is 4.42 Å². The summed E-state index contributed by atoms with van der Waals surface area (Å²) in [5.74, 6) is 2.01. The molecule has 0 spiro atoms. The molecule has 67 valence electrons. The molecular formula is C10H15OS. The minimum absolute atomic E-state index is 0.904. The Balaban J connectivity index is 1.96. The third-order valence-electron chi connectivity index (χ3n) is 1.90. The molecule has 1 aromatic rings. The van der Waals surface area contributed by atoms with Gasteiger partial charge in [-0.05, 0) is 25.0 Å². The molecule has 0 N–H and O–H groups in total. The predicted molar refractivity (Wildman–Crippen MR) is 53.3 cm³/mol. The second-order valence-electron chi connectivity index (χ2n) is 2.95. The van der Waals surface area contributed by atoms with Crippen molar-refractivity contribution in [3.05, 3.63) is 24.2 Å². The van der Waals surface area contributed by atoms with Crippen molar-refractivity contribution < 1.29 is 4.42 Å². The van der Waals surface area contributed by atoms with Crippen LogP contribution in [0.1, 0.15) is 31.4 Å². The zero-order valence-electron chi connectivity index (χ0n) is 7.29. The highest BCUT2D eigenvalue weighted by atomic mass is 32.1. The van der Waals surface area contributed by atoms with Gasteiger partial charge in [0.15, 0.2) is 0 Å². The molecule has 0 aliphatic carbocycles.